The molecule has 0 bridgehead atoms. The van der Waals surface area contributed by atoms with E-state index in [9.17, 15) is 0 Å². The van der Waals surface area contributed by atoms with Gasteiger partial charge in [-0.2, -0.15) is 0 Å². The van der Waals surface area contributed by atoms with Crippen molar-refractivity contribution in [1.82, 2.24) is 20.1 Å². The first-order chi connectivity index (χ1) is 7.72. The van der Waals surface area contributed by atoms with E-state index in [0.717, 1.165) is 11.5 Å². The second kappa shape index (κ2) is 4.45. The number of rotatable bonds is 3. The summed E-state index contributed by atoms with van der Waals surface area (Å²) in [5, 5.41) is 11.1. The van der Waals surface area contributed by atoms with Gasteiger partial charge in [0.2, 0.25) is 0 Å². The van der Waals surface area contributed by atoms with Gasteiger partial charge in [0.1, 0.15) is 6.33 Å². The Morgan fingerprint density at radius 3 is 2.75 bits per heavy atom. The van der Waals surface area contributed by atoms with Crippen molar-refractivity contribution in [3.05, 3.63) is 41.5 Å². The van der Waals surface area contributed by atoms with Crippen LogP contribution in [-0.4, -0.2) is 21.8 Å². The standard InChI is InChI=1S/C12H16N4/c1-9-4-5-11(6-10(9)2)16-8-14-15-12(16)7-13-3/h4-6,8,13H,7H2,1-3H3. The lowest BCUT2D eigenvalue weighted by atomic mass is 10.1. The van der Waals surface area contributed by atoms with E-state index in [1.54, 1.807) is 6.33 Å². The van der Waals surface area contributed by atoms with Gasteiger partial charge in [-0.05, 0) is 44.2 Å². The first-order valence-corrected chi connectivity index (χ1v) is 5.33. The molecule has 16 heavy (non-hydrogen) atoms. The fraction of sp³-hybridized carbons (Fsp3) is 0.333. The zero-order chi connectivity index (χ0) is 11.5. The Labute approximate surface area is 95.3 Å². The molecule has 4 nitrogen and oxygen atoms in total. The maximum Gasteiger partial charge on any atom is 0.151 e. The van der Waals surface area contributed by atoms with E-state index in [4.69, 9.17) is 0 Å². The second-order valence-corrected chi connectivity index (χ2v) is 3.92. The van der Waals surface area contributed by atoms with Crippen molar-refractivity contribution in [2.24, 2.45) is 0 Å². The third-order valence-electron chi connectivity index (χ3n) is 2.72. The van der Waals surface area contributed by atoms with Crippen molar-refractivity contribution in [2.45, 2.75) is 20.4 Å². The number of nitrogens with one attached hydrogen (secondary N) is 1. The fourth-order valence-electron chi connectivity index (χ4n) is 1.63. The summed E-state index contributed by atoms with van der Waals surface area (Å²) in [4.78, 5) is 0. The molecule has 2 aromatic rings. The van der Waals surface area contributed by atoms with E-state index in [0.29, 0.717) is 6.54 Å². The molecule has 0 unspecified atom stereocenters. The normalized spacial score (nSPS) is 10.7. The lowest BCUT2D eigenvalue weighted by Crippen LogP contribution is -2.11. The Hall–Kier alpha value is -1.68. The van der Waals surface area contributed by atoms with Crippen molar-refractivity contribution in [3.8, 4) is 5.69 Å². The van der Waals surface area contributed by atoms with Crippen LogP contribution in [0.1, 0.15) is 17.0 Å². The summed E-state index contributed by atoms with van der Waals surface area (Å²) in [5.41, 5.74) is 3.69. The van der Waals surface area contributed by atoms with Gasteiger partial charge in [0.25, 0.3) is 0 Å². The van der Waals surface area contributed by atoms with Gasteiger partial charge in [0, 0.05) is 5.69 Å². The molecule has 4 heteroatoms. The SMILES string of the molecule is CNCc1nncn1-c1ccc(C)c(C)c1. The Morgan fingerprint density at radius 2 is 2.06 bits per heavy atom. The summed E-state index contributed by atoms with van der Waals surface area (Å²) in [6.45, 7) is 4.94. The monoisotopic (exact) mass is 216 g/mol. The smallest absolute Gasteiger partial charge is 0.151 e. The molecule has 0 atom stereocenters. The van der Waals surface area contributed by atoms with E-state index in [2.05, 4.69) is 47.6 Å². The molecule has 0 aliphatic rings. The molecule has 0 saturated heterocycles. The molecule has 1 aromatic carbocycles. The fourth-order valence-corrected chi connectivity index (χ4v) is 1.63. The maximum absolute atomic E-state index is 4.08. The van der Waals surface area contributed by atoms with E-state index < -0.39 is 0 Å². The summed E-state index contributed by atoms with van der Waals surface area (Å²) in [6.07, 6.45) is 1.75. The molecule has 2 rings (SSSR count). The molecule has 0 aliphatic carbocycles. The zero-order valence-electron chi connectivity index (χ0n) is 9.86. The molecule has 0 radical (unpaired) electrons. The number of aryl methyl sites for hydroxylation is 2. The molecule has 84 valence electrons. The average Bonchev–Trinajstić information content (AvgIpc) is 2.71. The number of aromatic nitrogens is 3. The number of benzene rings is 1. The number of hydrogen-bond acceptors (Lipinski definition) is 3. The third kappa shape index (κ3) is 1.97. The van der Waals surface area contributed by atoms with Crippen LogP contribution < -0.4 is 5.32 Å². The van der Waals surface area contributed by atoms with Crippen molar-refractivity contribution < 1.29 is 0 Å². The van der Waals surface area contributed by atoms with Gasteiger partial charge in [0.05, 0.1) is 6.54 Å². The lowest BCUT2D eigenvalue weighted by Gasteiger charge is -2.08. The summed E-state index contributed by atoms with van der Waals surface area (Å²) in [6, 6.07) is 6.36. The van der Waals surface area contributed by atoms with Gasteiger partial charge >= 0.3 is 0 Å². The molecular formula is C12H16N4. The molecule has 0 aliphatic heterocycles. The Balaban J connectivity index is 2.42. The van der Waals surface area contributed by atoms with E-state index in [1.807, 2.05) is 11.6 Å². The third-order valence-corrected chi connectivity index (χ3v) is 2.72. The summed E-state index contributed by atoms with van der Waals surface area (Å²) in [5.74, 6) is 0.922. The quantitative estimate of drug-likeness (QED) is 0.847. The highest BCUT2D eigenvalue weighted by Crippen LogP contribution is 2.14. The minimum absolute atomic E-state index is 0.715. The van der Waals surface area contributed by atoms with Crippen LogP contribution in [0.5, 0.6) is 0 Å². The number of hydrogen-bond donors (Lipinski definition) is 1. The van der Waals surface area contributed by atoms with Gasteiger partial charge in [-0.25, -0.2) is 0 Å². The summed E-state index contributed by atoms with van der Waals surface area (Å²) in [7, 11) is 1.90. The molecule has 0 amide bonds. The largest absolute Gasteiger partial charge is 0.313 e. The van der Waals surface area contributed by atoms with Crippen molar-refractivity contribution in [1.29, 1.82) is 0 Å². The average molecular weight is 216 g/mol. The predicted octanol–water partition coefficient (Wildman–Crippen LogP) is 1.60. The van der Waals surface area contributed by atoms with Crippen LogP contribution in [0.3, 0.4) is 0 Å². The minimum atomic E-state index is 0.715. The Kier molecular flexibility index (Phi) is 3.01. The van der Waals surface area contributed by atoms with E-state index in [1.165, 1.54) is 11.1 Å². The highest BCUT2D eigenvalue weighted by molar-refractivity contribution is 5.40. The molecule has 0 saturated carbocycles. The van der Waals surface area contributed by atoms with Gasteiger partial charge < -0.3 is 5.32 Å². The van der Waals surface area contributed by atoms with Crippen molar-refractivity contribution >= 4 is 0 Å². The first kappa shape index (κ1) is 10.8. The van der Waals surface area contributed by atoms with Gasteiger partial charge in [-0.3, -0.25) is 4.57 Å². The highest BCUT2D eigenvalue weighted by atomic mass is 15.3. The maximum atomic E-state index is 4.08. The van der Waals surface area contributed by atoms with Crippen LogP contribution in [0.2, 0.25) is 0 Å². The number of nitrogens with zero attached hydrogens (tertiary/aromatic N) is 3. The highest BCUT2D eigenvalue weighted by Gasteiger charge is 2.05. The molecule has 1 aromatic heterocycles. The lowest BCUT2D eigenvalue weighted by molar-refractivity contribution is 0.737. The second-order valence-electron chi connectivity index (χ2n) is 3.92. The van der Waals surface area contributed by atoms with E-state index >= 15 is 0 Å². The topological polar surface area (TPSA) is 42.7 Å². The van der Waals surface area contributed by atoms with Gasteiger partial charge in [-0.1, -0.05) is 6.07 Å². The van der Waals surface area contributed by atoms with Crippen LogP contribution in [0.25, 0.3) is 5.69 Å². The van der Waals surface area contributed by atoms with Crippen LogP contribution in [-0.2, 0) is 6.54 Å². The van der Waals surface area contributed by atoms with Crippen LogP contribution in [0, 0.1) is 13.8 Å². The summed E-state index contributed by atoms with van der Waals surface area (Å²) >= 11 is 0. The molecule has 1 N–H and O–H groups in total. The Morgan fingerprint density at radius 1 is 1.25 bits per heavy atom. The summed E-state index contributed by atoms with van der Waals surface area (Å²) < 4.78 is 2.00. The van der Waals surface area contributed by atoms with Crippen molar-refractivity contribution in [2.75, 3.05) is 7.05 Å². The molecular weight excluding hydrogens is 200 g/mol. The van der Waals surface area contributed by atoms with Crippen LogP contribution >= 0.6 is 0 Å². The zero-order valence-corrected chi connectivity index (χ0v) is 9.86. The first-order valence-electron chi connectivity index (χ1n) is 5.33. The van der Waals surface area contributed by atoms with Crippen LogP contribution in [0.4, 0.5) is 0 Å². The molecule has 1 heterocycles. The van der Waals surface area contributed by atoms with Crippen molar-refractivity contribution in [3.63, 3.8) is 0 Å². The Bertz CT molecular complexity index is 488. The molecule has 0 spiro atoms. The van der Waals surface area contributed by atoms with E-state index in [-0.39, 0.29) is 0 Å². The predicted molar refractivity (Wildman–Crippen MR) is 63.6 cm³/mol. The van der Waals surface area contributed by atoms with Crippen LogP contribution in [0.15, 0.2) is 24.5 Å². The van der Waals surface area contributed by atoms with Gasteiger partial charge in [-0.15, -0.1) is 10.2 Å². The van der Waals surface area contributed by atoms with Gasteiger partial charge in [0.15, 0.2) is 5.82 Å². The molecule has 0 fully saturated rings. The minimum Gasteiger partial charge on any atom is -0.313 e.